The largest absolute Gasteiger partial charge is 0.243 e. The standard InChI is InChI=1S/C8H20N4.ClH/c1-2-4-6-8-10-12-11-9-7-5-3-1;/h9-12H,1-8H2;1H. The Kier molecular flexibility index (Phi) is 10.3. The van der Waals surface area contributed by atoms with Crippen molar-refractivity contribution in [2.45, 2.75) is 38.5 Å². The highest BCUT2D eigenvalue weighted by Crippen LogP contribution is 2.04. The monoisotopic (exact) mass is 208 g/mol. The minimum absolute atomic E-state index is 0. The van der Waals surface area contributed by atoms with E-state index in [1.807, 2.05) is 0 Å². The lowest BCUT2D eigenvalue weighted by Gasteiger charge is -2.11. The van der Waals surface area contributed by atoms with Gasteiger partial charge in [-0.05, 0) is 12.8 Å². The Hall–Kier alpha value is 0.130. The van der Waals surface area contributed by atoms with Crippen molar-refractivity contribution in [1.82, 2.24) is 21.9 Å². The minimum atomic E-state index is 0. The third-order valence-electron chi connectivity index (χ3n) is 2.09. The Labute approximate surface area is 86.6 Å². The first kappa shape index (κ1) is 13.1. The number of halogens is 1. The van der Waals surface area contributed by atoms with Gasteiger partial charge >= 0.3 is 0 Å². The molecule has 13 heavy (non-hydrogen) atoms. The number of hydrogen-bond acceptors (Lipinski definition) is 4. The summed E-state index contributed by atoms with van der Waals surface area (Å²) in [5, 5.41) is 0. The average Bonchev–Trinajstić information content (AvgIpc) is 2.05. The van der Waals surface area contributed by atoms with Gasteiger partial charge in [0.1, 0.15) is 0 Å². The van der Waals surface area contributed by atoms with Crippen LogP contribution in [0.4, 0.5) is 0 Å². The summed E-state index contributed by atoms with van der Waals surface area (Å²) < 4.78 is 0. The SMILES string of the molecule is C1CCCCNNNNCCC1.Cl. The number of hydrazine groups is 3. The zero-order valence-electron chi connectivity index (χ0n) is 8.07. The topological polar surface area (TPSA) is 48.1 Å². The fourth-order valence-electron chi connectivity index (χ4n) is 1.35. The summed E-state index contributed by atoms with van der Waals surface area (Å²) in [4.78, 5) is 0. The van der Waals surface area contributed by atoms with Crippen LogP contribution >= 0.6 is 12.4 Å². The van der Waals surface area contributed by atoms with Gasteiger partial charge in [-0.3, -0.25) is 0 Å². The maximum Gasteiger partial charge on any atom is 0.0113 e. The molecule has 1 rings (SSSR count). The van der Waals surface area contributed by atoms with Crippen molar-refractivity contribution in [3.05, 3.63) is 0 Å². The van der Waals surface area contributed by atoms with E-state index >= 15 is 0 Å². The van der Waals surface area contributed by atoms with E-state index < -0.39 is 0 Å². The first-order valence-electron chi connectivity index (χ1n) is 4.96. The van der Waals surface area contributed by atoms with Gasteiger partial charge in [0.15, 0.2) is 0 Å². The molecule has 0 aliphatic carbocycles. The highest BCUT2D eigenvalue weighted by atomic mass is 35.5. The van der Waals surface area contributed by atoms with Crippen molar-refractivity contribution in [3.8, 4) is 0 Å². The van der Waals surface area contributed by atoms with Crippen LogP contribution in [-0.4, -0.2) is 13.1 Å². The number of rotatable bonds is 0. The van der Waals surface area contributed by atoms with Crippen LogP contribution in [0.15, 0.2) is 0 Å². The van der Waals surface area contributed by atoms with E-state index in [0.29, 0.717) is 0 Å². The maximum absolute atomic E-state index is 3.08. The third kappa shape index (κ3) is 8.46. The van der Waals surface area contributed by atoms with Crippen molar-refractivity contribution in [3.63, 3.8) is 0 Å². The summed E-state index contributed by atoms with van der Waals surface area (Å²) >= 11 is 0. The van der Waals surface area contributed by atoms with E-state index in [2.05, 4.69) is 21.9 Å². The number of hydrogen-bond donors (Lipinski definition) is 4. The molecule has 0 radical (unpaired) electrons. The van der Waals surface area contributed by atoms with Gasteiger partial charge in [0.25, 0.3) is 0 Å². The highest BCUT2D eigenvalue weighted by Gasteiger charge is 1.93. The normalized spacial score (nSPS) is 22.2. The lowest BCUT2D eigenvalue weighted by Crippen LogP contribution is -2.51. The van der Waals surface area contributed by atoms with Gasteiger partial charge in [-0.15, -0.1) is 12.4 Å². The molecule has 1 aliphatic heterocycles. The quantitative estimate of drug-likeness (QED) is 0.477. The molecule has 0 unspecified atom stereocenters. The summed E-state index contributed by atoms with van der Waals surface area (Å²) in [6, 6.07) is 0. The Bertz CT molecular complexity index is 59.1. The van der Waals surface area contributed by atoms with Gasteiger partial charge in [0.2, 0.25) is 0 Å². The molecule has 1 aliphatic rings. The van der Waals surface area contributed by atoms with Gasteiger partial charge in [-0.25, -0.2) is 10.9 Å². The first-order chi connectivity index (χ1) is 6.00. The molecule has 4 nitrogen and oxygen atoms in total. The van der Waals surface area contributed by atoms with Gasteiger partial charge < -0.3 is 0 Å². The second kappa shape index (κ2) is 10.2. The predicted molar refractivity (Wildman–Crippen MR) is 57.2 cm³/mol. The van der Waals surface area contributed by atoms with Crippen LogP contribution in [0.1, 0.15) is 38.5 Å². The molecule has 1 saturated heterocycles. The molecule has 0 bridgehead atoms. The second-order valence-corrected chi connectivity index (χ2v) is 3.22. The van der Waals surface area contributed by atoms with E-state index in [0.717, 1.165) is 13.1 Å². The van der Waals surface area contributed by atoms with Crippen LogP contribution in [0.3, 0.4) is 0 Å². The van der Waals surface area contributed by atoms with E-state index in [4.69, 9.17) is 0 Å². The maximum atomic E-state index is 3.08. The van der Waals surface area contributed by atoms with Crippen LogP contribution in [0.2, 0.25) is 0 Å². The van der Waals surface area contributed by atoms with Crippen molar-refractivity contribution in [2.75, 3.05) is 13.1 Å². The molecule has 1 fully saturated rings. The van der Waals surface area contributed by atoms with Crippen molar-refractivity contribution >= 4 is 12.4 Å². The fourth-order valence-corrected chi connectivity index (χ4v) is 1.35. The van der Waals surface area contributed by atoms with Crippen LogP contribution in [0.25, 0.3) is 0 Å². The molecular formula is C8H21ClN4. The van der Waals surface area contributed by atoms with Crippen molar-refractivity contribution < 1.29 is 0 Å². The molecule has 0 spiro atoms. The third-order valence-corrected chi connectivity index (χ3v) is 2.09. The minimum Gasteiger partial charge on any atom is -0.243 e. The molecule has 4 N–H and O–H groups in total. The molecule has 0 amide bonds. The Morgan fingerprint density at radius 3 is 1.38 bits per heavy atom. The molecule has 1 heterocycles. The highest BCUT2D eigenvalue weighted by molar-refractivity contribution is 5.85. The molecule has 0 aromatic rings. The van der Waals surface area contributed by atoms with Gasteiger partial charge in [0.05, 0.1) is 0 Å². The van der Waals surface area contributed by atoms with Crippen LogP contribution in [-0.2, 0) is 0 Å². The first-order valence-corrected chi connectivity index (χ1v) is 4.96. The smallest absolute Gasteiger partial charge is 0.0113 e. The van der Waals surface area contributed by atoms with E-state index in [-0.39, 0.29) is 12.4 Å². The molecule has 0 saturated carbocycles. The zero-order chi connectivity index (χ0) is 8.49. The van der Waals surface area contributed by atoms with Gasteiger partial charge in [0, 0.05) is 13.1 Å². The molecule has 5 heteroatoms. The van der Waals surface area contributed by atoms with Crippen molar-refractivity contribution in [1.29, 1.82) is 0 Å². The van der Waals surface area contributed by atoms with Gasteiger partial charge in [-0.1, -0.05) is 25.7 Å². The Balaban J connectivity index is 0.00000144. The van der Waals surface area contributed by atoms with E-state index in [9.17, 15) is 0 Å². The predicted octanol–water partition coefficient (Wildman–Crippen LogP) is 0.866. The molecule has 0 aromatic carbocycles. The average molecular weight is 209 g/mol. The van der Waals surface area contributed by atoms with Crippen LogP contribution in [0, 0.1) is 0 Å². The Morgan fingerprint density at radius 1 is 0.538 bits per heavy atom. The van der Waals surface area contributed by atoms with Gasteiger partial charge in [-0.2, -0.15) is 11.1 Å². The Morgan fingerprint density at radius 2 is 0.923 bits per heavy atom. The fraction of sp³-hybridized carbons (Fsp3) is 1.00. The lowest BCUT2D eigenvalue weighted by atomic mass is 10.1. The summed E-state index contributed by atoms with van der Waals surface area (Å²) in [5.74, 6) is 0. The summed E-state index contributed by atoms with van der Waals surface area (Å²) in [6.45, 7) is 2.07. The summed E-state index contributed by atoms with van der Waals surface area (Å²) in [7, 11) is 0. The summed E-state index contributed by atoms with van der Waals surface area (Å²) in [5.41, 5.74) is 11.9. The zero-order valence-corrected chi connectivity index (χ0v) is 8.88. The van der Waals surface area contributed by atoms with Crippen LogP contribution < -0.4 is 21.9 Å². The summed E-state index contributed by atoms with van der Waals surface area (Å²) in [6.07, 6.45) is 7.98. The lowest BCUT2D eigenvalue weighted by molar-refractivity contribution is 0.354. The van der Waals surface area contributed by atoms with Crippen LogP contribution in [0.5, 0.6) is 0 Å². The number of nitrogens with one attached hydrogen (secondary N) is 4. The van der Waals surface area contributed by atoms with Crippen molar-refractivity contribution in [2.24, 2.45) is 0 Å². The molecule has 0 aromatic heterocycles. The van der Waals surface area contributed by atoms with E-state index in [1.165, 1.54) is 38.5 Å². The molecule has 0 atom stereocenters. The second-order valence-electron chi connectivity index (χ2n) is 3.22. The molecule has 80 valence electrons. The van der Waals surface area contributed by atoms with E-state index in [1.54, 1.807) is 0 Å². The molecular weight excluding hydrogens is 188 g/mol.